The Bertz CT molecular complexity index is 1830. The third kappa shape index (κ3) is 5.85. The topological polar surface area (TPSA) is 57.6 Å². The lowest BCUT2D eigenvalue weighted by Crippen LogP contribution is -2.47. The fourth-order valence-electron chi connectivity index (χ4n) is 6.08. The zero-order valence-corrected chi connectivity index (χ0v) is 24.5. The molecule has 1 amide bonds. The molecule has 1 aliphatic heterocycles. The van der Waals surface area contributed by atoms with Crippen LogP contribution in [-0.4, -0.2) is 41.6 Å². The van der Waals surface area contributed by atoms with E-state index in [0.29, 0.717) is 72.5 Å². The summed E-state index contributed by atoms with van der Waals surface area (Å²) < 4.78 is 29.7. The Balaban J connectivity index is 1.41. The van der Waals surface area contributed by atoms with Crippen LogP contribution in [0, 0.1) is 11.6 Å². The summed E-state index contributed by atoms with van der Waals surface area (Å²) in [6.07, 6.45) is 0.698. The number of carbonyl (C=O) groups is 1. The smallest absolute Gasteiger partial charge is 0.263 e. The summed E-state index contributed by atoms with van der Waals surface area (Å²) in [4.78, 5) is 32.5. The molecule has 5 aromatic rings. The normalized spacial score (nSPS) is 14.5. The number of hydrogen-bond donors (Lipinski definition) is 1. The van der Waals surface area contributed by atoms with Crippen LogP contribution < -0.4 is 15.8 Å². The SMILES string of the molecule is CC[C@H](NC(=O)c1c(CN2CCN(c3ccc(F)cc3F)CC2)n(-c2ccccc2)c(=O)c2ccccc12)c1ccccc1. The van der Waals surface area contributed by atoms with E-state index >= 15 is 0 Å². The Hall–Kier alpha value is -4.82. The van der Waals surface area contributed by atoms with Crippen molar-refractivity contribution < 1.29 is 13.6 Å². The molecular weight excluding hydrogens is 558 g/mol. The Kier molecular flexibility index (Phi) is 8.52. The van der Waals surface area contributed by atoms with E-state index in [-0.39, 0.29) is 17.5 Å². The average molecular weight is 593 g/mol. The molecule has 8 heteroatoms. The number of carbonyl (C=O) groups excluding carboxylic acids is 1. The van der Waals surface area contributed by atoms with Crippen LogP contribution in [0.15, 0.2) is 108 Å². The lowest BCUT2D eigenvalue weighted by atomic mass is 9.99. The van der Waals surface area contributed by atoms with E-state index in [1.165, 1.54) is 12.1 Å². The lowest BCUT2D eigenvalue weighted by molar-refractivity contribution is 0.0934. The molecule has 4 aromatic carbocycles. The van der Waals surface area contributed by atoms with E-state index in [1.54, 1.807) is 10.6 Å². The first-order valence-corrected chi connectivity index (χ1v) is 14.9. The molecule has 1 aliphatic rings. The molecule has 6 rings (SSSR count). The van der Waals surface area contributed by atoms with Gasteiger partial charge >= 0.3 is 0 Å². The number of benzene rings is 4. The minimum absolute atomic E-state index is 0.194. The number of nitrogens with zero attached hydrogens (tertiary/aromatic N) is 3. The Labute approximate surface area is 255 Å². The van der Waals surface area contributed by atoms with Crippen LogP contribution in [0.5, 0.6) is 0 Å². The standard InChI is InChI=1S/C36H34F2N4O2/c1-2-31(25-11-5-3-6-12-25)39-35(43)34-28-15-9-10-16-29(28)36(44)42(27-13-7-4-8-14-27)33(34)24-40-19-21-41(22-20-40)32-18-17-26(37)23-30(32)38/h3-18,23,31H,2,19-22,24H2,1H3,(H,39,43)/t31-/m0/s1. The van der Waals surface area contributed by atoms with Gasteiger partial charge in [0.1, 0.15) is 11.6 Å². The summed E-state index contributed by atoms with van der Waals surface area (Å²) in [5.41, 5.74) is 2.92. The van der Waals surface area contributed by atoms with Gasteiger partial charge in [-0.1, -0.05) is 73.7 Å². The summed E-state index contributed by atoms with van der Waals surface area (Å²) >= 11 is 0. The third-order valence-corrected chi connectivity index (χ3v) is 8.34. The summed E-state index contributed by atoms with van der Waals surface area (Å²) in [7, 11) is 0. The number of fused-ring (bicyclic) bond motifs is 1. The number of aromatic nitrogens is 1. The minimum atomic E-state index is -0.608. The second-order valence-corrected chi connectivity index (χ2v) is 11.0. The third-order valence-electron chi connectivity index (χ3n) is 8.34. The van der Waals surface area contributed by atoms with Gasteiger partial charge in [0.2, 0.25) is 0 Å². The van der Waals surface area contributed by atoms with E-state index < -0.39 is 11.6 Å². The van der Waals surface area contributed by atoms with Gasteiger partial charge in [0, 0.05) is 55.2 Å². The van der Waals surface area contributed by atoms with Crippen LogP contribution in [0.2, 0.25) is 0 Å². The number of para-hydroxylation sites is 1. The van der Waals surface area contributed by atoms with Gasteiger partial charge in [-0.3, -0.25) is 19.1 Å². The summed E-state index contributed by atoms with van der Waals surface area (Å²) in [6, 6.07) is 29.9. The molecule has 6 nitrogen and oxygen atoms in total. The Morgan fingerprint density at radius 2 is 1.45 bits per heavy atom. The molecule has 224 valence electrons. The second-order valence-electron chi connectivity index (χ2n) is 11.0. The maximum Gasteiger partial charge on any atom is 0.263 e. The molecule has 0 aliphatic carbocycles. The van der Waals surface area contributed by atoms with Gasteiger partial charge in [-0.25, -0.2) is 8.78 Å². The van der Waals surface area contributed by atoms with Crippen molar-refractivity contribution >= 4 is 22.4 Å². The van der Waals surface area contributed by atoms with E-state index in [4.69, 9.17) is 0 Å². The van der Waals surface area contributed by atoms with Crippen LogP contribution in [-0.2, 0) is 6.54 Å². The number of anilines is 1. The highest BCUT2D eigenvalue weighted by Crippen LogP contribution is 2.27. The largest absolute Gasteiger partial charge is 0.367 e. The summed E-state index contributed by atoms with van der Waals surface area (Å²) in [5, 5.41) is 4.32. The molecular formula is C36H34F2N4O2. The van der Waals surface area contributed by atoms with E-state index in [1.807, 2.05) is 90.7 Å². The van der Waals surface area contributed by atoms with Crippen molar-refractivity contribution in [2.75, 3.05) is 31.1 Å². The van der Waals surface area contributed by atoms with E-state index in [2.05, 4.69) is 10.2 Å². The molecule has 0 radical (unpaired) electrons. The molecule has 1 atom stereocenters. The van der Waals surface area contributed by atoms with Gasteiger partial charge in [0.25, 0.3) is 11.5 Å². The van der Waals surface area contributed by atoms with Crippen LogP contribution in [0.3, 0.4) is 0 Å². The predicted octanol–water partition coefficient (Wildman–Crippen LogP) is 6.47. The maximum atomic E-state index is 14.5. The monoisotopic (exact) mass is 592 g/mol. The fourth-order valence-corrected chi connectivity index (χ4v) is 6.08. The van der Waals surface area contributed by atoms with Crippen LogP contribution in [0.25, 0.3) is 16.5 Å². The zero-order valence-electron chi connectivity index (χ0n) is 24.5. The quantitative estimate of drug-likeness (QED) is 0.224. The highest BCUT2D eigenvalue weighted by Gasteiger charge is 2.27. The molecule has 1 fully saturated rings. The first kappa shape index (κ1) is 29.3. The number of nitrogens with one attached hydrogen (secondary N) is 1. The fraction of sp³-hybridized carbons (Fsp3) is 0.222. The number of hydrogen-bond acceptors (Lipinski definition) is 4. The van der Waals surface area contributed by atoms with Crippen molar-refractivity contribution in [1.29, 1.82) is 0 Å². The first-order chi connectivity index (χ1) is 21.4. The van der Waals surface area contributed by atoms with Gasteiger partial charge in [-0.15, -0.1) is 0 Å². The molecule has 1 saturated heterocycles. The molecule has 0 bridgehead atoms. The molecule has 0 saturated carbocycles. The van der Waals surface area contributed by atoms with Crippen molar-refractivity contribution in [2.45, 2.75) is 25.9 Å². The van der Waals surface area contributed by atoms with Crippen LogP contribution in [0.1, 0.15) is 41.0 Å². The highest BCUT2D eigenvalue weighted by atomic mass is 19.1. The number of amides is 1. The van der Waals surface area contributed by atoms with Crippen molar-refractivity contribution in [3.8, 4) is 5.69 Å². The maximum absolute atomic E-state index is 14.5. The van der Waals surface area contributed by atoms with Gasteiger partial charge < -0.3 is 10.2 Å². The molecule has 0 spiro atoms. The summed E-state index contributed by atoms with van der Waals surface area (Å²) in [6.45, 7) is 4.52. The molecule has 1 N–H and O–H groups in total. The van der Waals surface area contributed by atoms with Crippen molar-refractivity contribution in [2.24, 2.45) is 0 Å². The first-order valence-electron chi connectivity index (χ1n) is 14.9. The minimum Gasteiger partial charge on any atom is -0.367 e. The number of rotatable bonds is 8. The van der Waals surface area contributed by atoms with E-state index in [0.717, 1.165) is 11.6 Å². The number of pyridine rings is 1. The second kappa shape index (κ2) is 12.8. The number of halogens is 2. The molecule has 1 aromatic heterocycles. The number of piperazine rings is 1. The van der Waals surface area contributed by atoms with Crippen molar-refractivity contribution in [3.05, 3.63) is 142 Å². The van der Waals surface area contributed by atoms with Crippen LogP contribution in [0.4, 0.5) is 14.5 Å². The lowest BCUT2D eigenvalue weighted by Gasteiger charge is -2.37. The predicted molar refractivity (Wildman–Crippen MR) is 170 cm³/mol. The molecule has 44 heavy (non-hydrogen) atoms. The van der Waals surface area contributed by atoms with E-state index in [9.17, 15) is 18.4 Å². The van der Waals surface area contributed by atoms with Gasteiger partial charge in [-0.2, -0.15) is 0 Å². The average Bonchev–Trinajstić information content (AvgIpc) is 3.05. The van der Waals surface area contributed by atoms with Crippen molar-refractivity contribution in [1.82, 2.24) is 14.8 Å². The summed E-state index contributed by atoms with van der Waals surface area (Å²) in [5.74, 6) is -1.44. The molecule has 0 unspecified atom stereocenters. The highest BCUT2D eigenvalue weighted by molar-refractivity contribution is 6.08. The zero-order chi connectivity index (χ0) is 30.6. The van der Waals surface area contributed by atoms with Crippen LogP contribution >= 0.6 is 0 Å². The van der Waals surface area contributed by atoms with Gasteiger partial charge in [0.05, 0.1) is 23.0 Å². The van der Waals surface area contributed by atoms with Crippen molar-refractivity contribution in [3.63, 3.8) is 0 Å². The van der Waals surface area contributed by atoms with Gasteiger partial charge in [0.15, 0.2) is 0 Å². The Morgan fingerprint density at radius 3 is 2.11 bits per heavy atom. The Morgan fingerprint density at radius 1 is 0.818 bits per heavy atom. The van der Waals surface area contributed by atoms with Gasteiger partial charge in [-0.05, 0) is 42.3 Å². The molecule has 2 heterocycles.